The first-order valence-electron chi connectivity index (χ1n) is 7.53. The van der Waals surface area contributed by atoms with E-state index in [9.17, 15) is 4.79 Å². The van der Waals surface area contributed by atoms with Gasteiger partial charge in [-0.15, -0.1) is 0 Å². The number of carbonyl (C=O) groups excluding carboxylic acids is 1. The maximum atomic E-state index is 12.2. The summed E-state index contributed by atoms with van der Waals surface area (Å²) in [6.07, 6.45) is 3.07. The predicted octanol–water partition coefficient (Wildman–Crippen LogP) is 0.925. The van der Waals surface area contributed by atoms with Gasteiger partial charge in [0, 0.05) is 12.6 Å². The second-order valence-electron chi connectivity index (χ2n) is 5.85. The van der Waals surface area contributed by atoms with E-state index in [2.05, 4.69) is 5.32 Å². The molecule has 1 amide bonds. The standard InChI is InChI=1S/C16H22N2O3/c17-15(19)16(18-13-6-7-13,12-4-2-1-3-5-12)11-21-14-8-9-20-10-14/h1-5,13-14,18H,6-11H2,(H2,17,19). The van der Waals surface area contributed by atoms with Crippen LogP contribution in [0.3, 0.4) is 0 Å². The lowest BCUT2D eigenvalue weighted by Crippen LogP contribution is -2.57. The van der Waals surface area contributed by atoms with Crippen LogP contribution in [-0.4, -0.2) is 37.9 Å². The van der Waals surface area contributed by atoms with Gasteiger partial charge >= 0.3 is 0 Å². The maximum absolute atomic E-state index is 12.2. The van der Waals surface area contributed by atoms with Gasteiger partial charge in [0.05, 0.1) is 19.3 Å². The minimum Gasteiger partial charge on any atom is -0.379 e. The lowest BCUT2D eigenvalue weighted by molar-refractivity contribution is -0.129. The van der Waals surface area contributed by atoms with Crippen molar-refractivity contribution in [2.24, 2.45) is 5.73 Å². The minimum absolute atomic E-state index is 0.0495. The fraction of sp³-hybridized carbons (Fsp3) is 0.562. The summed E-state index contributed by atoms with van der Waals surface area (Å²) in [5, 5.41) is 3.40. The Labute approximate surface area is 124 Å². The smallest absolute Gasteiger partial charge is 0.244 e. The Balaban J connectivity index is 1.82. The van der Waals surface area contributed by atoms with E-state index in [1.165, 1.54) is 0 Å². The Morgan fingerprint density at radius 2 is 2.10 bits per heavy atom. The van der Waals surface area contributed by atoms with E-state index in [4.69, 9.17) is 15.2 Å². The van der Waals surface area contributed by atoms with Crippen LogP contribution < -0.4 is 11.1 Å². The number of ether oxygens (including phenoxy) is 2. The van der Waals surface area contributed by atoms with E-state index in [-0.39, 0.29) is 18.6 Å². The number of rotatable bonds is 7. The van der Waals surface area contributed by atoms with Gasteiger partial charge in [0.25, 0.3) is 0 Å². The predicted molar refractivity (Wildman–Crippen MR) is 78.6 cm³/mol. The maximum Gasteiger partial charge on any atom is 0.244 e. The van der Waals surface area contributed by atoms with Gasteiger partial charge in [0.2, 0.25) is 5.91 Å². The minimum atomic E-state index is -0.953. The number of amides is 1. The molecule has 5 heteroatoms. The summed E-state index contributed by atoms with van der Waals surface area (Å²) in [5.74, 6) is -0.389. The van der Waals surface area contributed by atoms with Crippen molar-refractivity contribution in [1.82, 2.24) is 5.32 Å². The van der Waals surface area contributed by atoms with Gasteiger partial charge in [-0.25, -0.2) is 0 Å². The Morgan fingerprint density at radius 1 is 1.33 bits per heavy atom. The molecule has 1 aromatic carbocycles. The van der Waals surface area contributed by atoms with Crippen molar-refractivity contribution in [3.63, 3.8) is 0 Å². The highest BCUT2D eigenvalue weighted by Gasteiger charge is 2.43. The number of benzene rings is 1. The third-order valence-corrected chi connectivity index (χ3v) is 4.14. The van der Waals surface area contributed by atoms with Gasteiger partial charge in [0.15, 0.2) is 0 Å². The van der Waals surface area contributed by atoms with E-state index in [0.29, 0.717) is 12.6 Å². The van der Waals surface area contributed by atoms with Gasteiger partial charge in [-0.2, -0.15) is 0 Å². The van der Waals surface area contributed by atoms with Crippen LogP contribution in [0.15, 0.2) is 30.3 Å². The summed E-state index contributed by atoms with van der Waals surface area (Å²) in [5.41, 5.74) is 5.66. The van der Waals surface area contributed by atoms with E-state index in [0.717, 1.165) is 31.4 Å². The molecule has 2 fully saturated rings. The van der Waals surface area contributed by atoms with Crippen molar-refractivity contribution in [3.05, 3.63) is 35.9 Å². The molecule has 0 aromatic heterocycles. The molecule has 1 aliphatic carbocycles. The molecule has 0 spiro atoms. The van der Waals surface area contributed by atoms with Crippen LogP contribution in [0.2, 0.25) is 0 Å². The Bertz CT molecular complexity index is 484. The van der Waals surface area contributed by atoms with Crippen molar-refractivity contribution in [3.8, 4) is 0 Å². The van der Waals surface area contributed by atoms with Crippen LogP contribution in [0.1, 0.15) is 24.8 Å². The molecule has 0 radical (unpaired) electrons. The molecule has 1 aliphatic heterocycles. The van der Waals surface area contributed by atoms with Crippen molar-refractivity contribution < 1.29 is 14.3 Å². The average Bonchev–Trinajstić information content (AvgIpc) is 3.16. The third-order valence-electron chi connectivity index (χ3n) is 4.14. The van der Waals surface area contributed by atoms with Crippen LogP contribution in [0.5, 0.6) is 0 Å². The molecule has 21 heavy (non-hydrogen) atoms. The zero-order valence-corrected chi connectivity index (χ0v) is 12.1. The van der Waals surface area contributed by atoms with E-state index < -0.39 is 5.54 Å². The monoisotopic (exact) mass is 290 g/mol. The molecule has 3 N–H and O–H groups in total. The number of primary amides is 1. The van der Waals surface area contributed by atoms with Crippen molar-refractivity contribution >= 4 is 5.91 Å². The quantitative estimate of drug-likeness (QED) is 0.783. The van der Waals surface area contributed by atoms with Gasteiger partial charge < -0.3 is 15.2 Å². The van der Waals surface area contributed by atoms with Gasteiger partial charge in [0.1, 0.15) is 5.54 Å². The van der Waals surface area contributed by atoms with Crippen molar-refractivity contribution in [1.29, 1.82) is 0 Å². The van der Waals surface area contributed by atoms with E-state index in [1.54, 1.807) is 0 Å². The van der Waals surface area contributed by atoms with Crippen molar-refractivity contribution in [2.75, 3.05) is 19.8 Å². The first-order chi connectivity index (χ1) is 10.2. The fourth-order valence-electron chi connectivity index (χ4n) is 2.68. The molecule has 5 nitrogen and oxygen atoms in total. The highest BCUT2D eigenvalue weighted by molar-refractivity contribution is 5.86. The van der Waals surface area contributed by atoms with E-state index in [1.807, 2.05) is 30.3 Å². The first kappa shape index (κ1) is 14.5. The van der Waals surface area contributed by atoms with Crippen LogP contribution in [0.4, 0.5) is 0 Å². The summed E-state index contributed by atoms with van der Waals surface area (Å²) in [4.78, 5) is 12.2. The zero-order valence-electron chi connectivity index (χ0n) is 12.1. The molecule has 2 unspecified atom stereocenters. The molecule has 114 valence electrons. The zero-order chi connectivity index (χ0) is 14.7. The lowest BCUT2D eigenvalue weighted by atomic mass is 9.89. The molecular weight excluding hydrogens is 268 g/mol. The second-order valence-corrected chi connectivity index (χ2v) is 5.85. The molecular formula is C16H22N2O3. The van der Waals surface area contributed by atoms with Crippen LogP contribution in [-0.2, 0) is 19.8 Å². The molecule has 1 aromatic rings. The molecule has 3 rings (SSSR count). The number of carbonyl (C=O) groups is 1. The van der Waals surface area contributed by atoms with Gasteiger partial charge in [-0.3, -0.25) is 10.1 Å². The highest BCUT2D eigenvalue weighted by Crippen LogP contribution is 2.30. The topological polar surface area (TPSA) is 73.6 Å². The molecule has 0 bridgehead atoms. The number of nitrogens with one attached hydrogen (secondary N) is 1. The summed E-state index contributed by atoms with van der Waals surface area (Å²) >= 11 is 0. The fourth-order valence-corrected chi connectivity index (χ4v) is 2.68. The van der Waals surface area contributed by atoms with Gasteiger partial charge in [-0.1, -0.05) is 30.3 Å². The van der Waals surface area contributed by atoms with E-state index >= 15 is 0 Å². The first-order valence-corrected chi connectivity index (χ1v) is 7.53. The summed E-state index contributed by atoms with van der Waals surface area (Å²) in [6.45, 7) is 1.56. The summed E-state index contributed by atoms with van der Waals surface area (Å²) < 4.78 is 11.2. The SMILES string of the molecule is NC(=O)C(COC1CCOC1)(NC1CC1)c1ccccc1. The molecule has 1 saturated carbocycles. The Morgan fingerprint density at radius 3 is 2.67 bits per heavy atom. The third kappa shape index (κ3) is 3.26. The normalized spacial score (nSPS) is 24.7. The molecule has 2 atom stereocenters. The summed E-state index contributed by atoms with van der Waals surface area (Å²) in [6, 6.07) is 9.96. The molecule has 1 heterocycles. The number of hydrogen-bond acceptors (Lipinski definition) is 4. The lowest BCUT2D eigenvalue weighted by Gasteiger charge is -2.33. The average molecular weight is 290 g/mol. The van der Waals surface area contributed by atoms with Gasteiger partial charge in [-0.05, 0) is 24.8 Å². The Kier molecular flexibility index (Phi) is 4.24. The number of nitrogens with two attached hydrogens (primary N) is 1. The molecule has 1 saturated heterocycles. The van der Waals surface area contributed by atoms with Crippen molar-refractivity contribution in [2.45, 2.75) is 36.9 Å². The molecule has 2 aliphatic rings. The highest BCUT2D eigenvalue weighted by atomic mass is 16.5. The second kappa shape index (κ2) is 6.13. The van der Waals surface area contributed by atoms with Crippen LogP contribution >= 0.6 is 0 Å². The van der Waals surface area contributed by atoms with Crippen LogP contribution in [0, 0.1) is 0 Å². The Hall–Kier alpha value is -1.43. The van der Waals surface area contributed by atoms with Crippen LogP contribution in [0.25, 0.3) is 0 Å². The number of hydrogen-bond donors (Lipinski definition) is 2. The largest absolute Gasteiger partial charge is 0.379 e. The summed E-state index contributed by atoms with van der Waals surface area (Å²) in [7, 11) is 0.